The van der Waals surface area contributed by atoms with Crippen molar-refractivity contribution in [2.24, 2.45) is 0 Å². The Balaban J connectivity index is 2.39. The van der Waals surface area contributed by atoms with Gasteiger partial charge in [0.1, 0.15) is 6.10 Å². The van der Waals surface area contributed by atoms with Crippen LogP contribution in [0.2, 0.25) is 5.02 Å². The summed E-state index contributed by atoms with van der Waals surface area (Å²) in [5.74, 6) is -0.395. The summed E-state index contributed by atoms with van der Waals surface area (Å²) in [6.45, 7) is 1.33. The first-order valence-electron chi connectivity index (χ1n) is 4.58. The molecular weight excluding hydrogens is 216 g/mol. The van der Waals surface area contributed by atoms with Crippen molar-refractivity contribution < 1.29 is 14.3 Å². The van der Waals surface area contributed by atoms with Gasteiger partial charge in [-0.15, -0.1) is 0 Å². The van der Waals surface area contributed by atoms with Gasteiger partial charge in [-0.05, 0) is 18.2 Å². The van der Waals surface area contributed by atoms with Crippen LogP contribution in [-0.2, 0) is 9.53 Å². The van der Waals surface area contributed by atoms with Crippen molar-refractivity contribution in [1.82, 2.24) is 0 Å². The van der Waals surface area contributed by atoms with Crippen LogP contribution >= 0.6 is 11.6 Å². The highest BCUT2D eigenvalue weighted by atomic mass is 35.5. The minimum atomic E-state index is -0.469. The van der Waals surface area contributed by atoms with Crippen LogP contribution in [0, 0.1) is 0 Å². The van der Waals surface area contributed by atoms with Gasteiger partial charge in [-0.1, -0.05) is 11.6 Å². The number of ether oxygens (including phenoxy) is 1. The van der Waals surface area contributed by atoms with Gasteiger partial charge in [0.2, 0.25) is 0 Å². The first-order valence-corrected chi connectivity index (χ1v) is 4.95. The highest BCUT2D eigenvalue weighted by Gasteiger charge is 2.31. The molecule has 1 aromatic carbocycles. The molecule has 0 spiro atoms. The summed E-state index contributed by atoms with van der Waals surface area (Å²) < 4.78 is 5.04. The molecule has 0 bridgehead atoms. The summed E-state index contributed by atoms with van der Waals surface area (Å²) in [5.41, 5.74) is 1.31. The van der Waals surface area contributed by atoms with Gasteiger partial charge in [-0.25, -0.2) is 0 Å². The Morgan fingerprint density at radius 3 is 2.93 bits per heavy atom. The Labute approximate surface area is 92.0 Å². The Kier molecular flexibility index (Phi) is 2.49. The molecule has 1 atom stereocenters. The summed E-state index contributed by atoms with van der Waals surface area (Å²) in [4.78, 5) is 22.4. The summed E-state index contributed by atoms with van der Waals surface area (Å²) in [7, 11) is 0. The smallest absolute Gasteiger partial charge is 0.303 e. The van der Waals surface area contributed by atoms with Crippen molar-refractivity contribution in [2.45, 2.75) is 19.4 Å². The largest absolute Gasteiger partial charge is 0.457 e. The van der Waals surface area contributed by atoms with E-state index < -0.39 is 6.10 Å². The predicted octanol–water partition coefficient (Wildman–Crippen LogP) is 2.53. The lowest BCUT2D eigenvalue weighted by Crippen LogP contribution is -2.05. The first kappa shape index (κ1) is 10.2. The highest BCUT2D eigenvalue weighted by molar-refractivity contribution is 6.30. The topological polar surface area (TPSA) is 43.4 Å². The number of fused-ring (bicyclic) bond motifs is 1. The van der Waals surface area contributed by atoms with Crippen molar-refractivity contribution in [1.29, 1.82) is 0 Å². The number of carbonyl (C=O) groups is 2. The molecule has 0 fully saturated rings. The third-order valence-corrected chi connectivity index (χ3v) is 2.58. The Morgan fingerprint density at radius 1 is 1.53 bits per heavy atom. The number of halogens is 1. The third kappa shape index (κ3) is 1.88. The molecule has 78 valence electrons. The van der Waals surface area contributed by atoms with Crippen molar-refractivity contribution in [3.8, 4) is 0 Å². The van der Waals surface area contributed by atoms with E-state index in [0.717, 1.165) is 0 Å². The van der Waals surface area contributed by atoms with Crippen LogP contribution < -0.4 is 0 Å². The fourth-order valence-electron chi connectivity index (χ4n) is 1.75. The minimum Gasteiger partial charge on any atom is -0.457 e. The first-order chi connectivity index (χ1) is 7.08. The standard InChI is InChI=1S/C11H9ClO3/c1-6(13)15-11-5-10(14)8-3-2-7(12)4-9(8)11/h2-4,11H,5H2,1H3. The zero-order chi connectivity index (χ0) is 11.0. The minimum absolute atomic E-state index is 0.00656. The number of ketones is 1. The van der Waals surface area contributed by atoms with Crippen LogP contribution in [0.15, 0.2) is 18.2 Å². The van der Waals surface area contributed by atoms with E-state index in [-0.39, 0.29) is 18.2 Å². The van der Waals surface area contributed by atoms with Crippen molar-refractivity contribution in [3.63, 3.8) is 0 Å². The average Bonchev–Trinajstić information content (AvgIpc) is 2.42. The predicted molar refractivity (Wildman–Crippen MR) is 54.9 cm³/mol. The van der Waals surface area contributed by atoms with Gasteiger partial charge in [-0.3, -0.25) is 9.59 Å². The second-order valence-electron chi connectivity index (χ2n) is 3.46. The molecular formula is C11H9ClO3. The van der Waals surface area contributed by atoms with E-state index in [2.05, 4.69) is 0 Å². The van der Waals surface area contributed by atoms with Crippen LogP contribution in [0.1, 0.15) is 35.4 Å². The van der Waals surface area contributed by atoms with Gasteiger partial charge in [0.05, 0.1) is 6.42 Å². The highest BCUT2D eigenvalue weighted by Crippen LogP contribution is 2.35. The SMILES string of the molecule is CC(=O)OC1CC(=O)c2ccc(Cl)cc21. The van der Waals surface area contributed by atoms with Crippen LogP contribution in [-0.4, -0.2) is 11.8 Å². The normalized spacial score (nSPS) is 18.8. The molecule has 15 heavy (non-hydrogen) atoms. The molecule has 1 aromatic rings. The number of rotatable bonds is 1. The van der Waals surface area contributed by atoms with E-state index in [1.807, 2.05) is 0 Å². The zero-order valence-electron chi connectivity index (χ0n) is 8.12. The Morgan fingerprint density at radius 2 is 2.27 bits per heavy atom. The van der Waals surface area contributed by atoms with E-state index >= 15 is 0 Å². The summed E-state index contributed by atoms with van der Waals surface area (Å²) >= 11 is 5.82. The van der Waals surface area contributed by atoms with E-state index in [1.165, 1.54) is 6.92 Å². The lowest BCUT2D eigenvalue weighted by molar-refractivity contribution is -0.146. The lowest BCUT2D eigenvalue weighted by atomic mass is 10.1. The molecule has 0 heterocycles. The zero-order valence-corrected chi connectivity index (χ0v) is 8.88. The maximum Gasteiger partial charge on any atom is 0.303 e. The maximum atomic E-state index is 11.5. The van der Waals surface area contributed by atoms with Gasteiger partial charge in [0.25, 0.3) is 0 Å². The Hall–Kier alpha value is -1.35. The van der Waals surface area contributed by atoms with E-state index in [4.69, 9.17) is 16.3 Å². The molecule has 1 aliphatic rings. The van der Waals surface area contributed by atoms with Gasteiger partial charge < -0.3 is 4.74 Å². The maximum absolute atomic E-state index is 11.5. The molecule has 0 saturated carbocycles. The number of carbonyl (C=O) groups excluding carboxylic acids is 2. The summed E-state index contributed by atoms with van der Waals surface area (Å²) in [6, 6.07) is 5.01. The van der Waals surface area contributed by atoms with Gasteiger partial charge in [-0.2, -0.15) is 0 Å². The molecule has 4 heteroatoms. The molecule has 1 aliphatic carbocycles. The van der Waals surface area contributed by atoms with Crippen LogP contribution in [0.3, 0.4) is 0 Å². The van der Waals surface area contributed by atoms with Gasteiger partial charge in [0, 0.05) is 23.1 Å². The number of Topliss-reactive ketones (excluding diaryl/α,β-unsaturated/α-hetero) is 1. The number of esters is 1. The lowest BCUT2D eigenvalue weighted by Gasteiger charge is -2.10. The average molecular weight is 225 g/mol. The van der Waals surface area contributed by atoms with Crippen LogP contribution in [0.4, 0.5) is 0 Å². The second-order valence-corrected chi connectivity index (χ2v) is 3.89. The van der Waals surface area contributed by atoms with Crippen LogP contribution in [0.5, 0.6) is 0 Å². The molecule has 3 nitrogen and oxygen atoms in total. The molecule has 0 amide bonds. The molecule has 2 rings (SSSR count). The number of hydrogen-bond donors (Lipinski definition) is 0. The summed E-state index contributed by atoms with van der Waals surface area (Å²) in [6.07, 6.45) is -0.251. The van der Waals surface area contributed by atoms with E-state index in [9.17, 15) is 9.59 Å². The van der Waals surface area contributed by atoms with E-state index in [1.54, 1.807) is 18.2 Å². The second kappa shape index (κ2) is 3.66. The van der Waals surface area contributed by atoms with Gasteiger partial charge in [0.15, 0.2) is 5.78 Å². The molecule has 0 saturated heterocycles. The molecule has 0 N–H and O–H groups in total. The third-order valence-electron chi connectivity index (χ3n) is 2.34. The molecule has 0 radical (unpaired) electrons. The van der Waals surface area contributed by atoms with Crippen molar-refractivity contribution in [2.75, 3.05) is 0 Å². The van der Waals surface area contributed by atoms with Gasteiger partial charge >= 0.3 is 5.97 Å². The Bertz CT molecular complexity index is 437. The van der Waals surface area contributed by atoms with E-state index in [0.29, 0.717) is 16.1 Å². The van der Waals surface area contributed by atoms with Crippen molar-refractivity contribution in [3.05, 3.63) is 34.3 Å². The monoisotopic (exact) mass is 224 g/mol. The quantitative estimate of drug-likeness (QED) is 0.689. The fraction of sp³-hybridized carbons (Fsp3) is 0.273. The molecule has 1 unspecified atom stereocenters. The number of hydrogen-bond acceptors (Lipinski definition) is 3. The van der Waals surface area contributed by atoms with Crippen LogP contribution in [0.25, 0.3) is 0 Å². The fourth-order valence-corrected chi connectivity index (χ4v) is 1.93. The van der Waals surface area contributed by atoms with Crippen molar-refractivity contribution >= 4 is 23.4 Å². The number of benzene rings is 1. The summed E-state index contributed by atoms with van der Waals surface area (Å²) in [5, 5.41) is 0.542. The molecule has 0 aliphatic heterocycles. The molecule has 0 aromatic heterocycles.